The predicted octanol–water partition coefficient (Wildman–Crippen LogP) is 4.52. The summed E-state index contributed by atoms with van der Waals surface area (Å²) in [4.78, 5) is 23.9. The van der Waals surface area contributed by atoms with Crippen molar-refractivity contribution in [3.05, 3.63) is 23.3 Å². The molecule has 0 atom stereocenters. The predicted molar refractivity (Wildman–Crippen MR) is 139 cm³/mol. The molecule has 0 saturated heterocycles. The van der Waals surface area contributed by atoms with Gasteiger partial charge >= 0.3 is 0 Å². The Morgan fingerprint density at radius 1 is 0.676 bits per heavy atom. The van der Waals surface area contributed by atoms with Gasteiger partial charge < -0.3 is 20.8 Å². The van der Waals surface area contributed by atoms with Gasteiger partial charge in [-0.3, -0.25) is 9.59 Å². The number of hydrogen-bond acceptors (Lipinski definition) is 4. The molecule has 2 saturated carbocycles. The van der Waals surface area contributed by atoms with E-state index in [0.29, 0.717) is 24.9 Å². The zero-order valence-electron chi connectivity index (χ0n) is 22.1. The molecule has 2 fully saturated rings. The third kappa shape index (κ3) is 12.2. The van der Waals surface area contributed by atoms with Gasteiger partial charge in [0, 0.05) is 24.2 Å². The van der Waals surface area contributed by atoms with Crippen LogP contribution in [0.25, 0.3) is 0 Å². The second kappa shape index (κ2) is 17.7. The van der Waals surface area contributed by atoms with Crippen molar-refractivity contribution in [1.82, 2.24) is 10.6 Å². The van der Waals surface area contributed by atoms with Crippen molar-refractivity contribution in [2.24, 2.45) is 23.7 Å². The zero-order valence-corrected chi connectivity index (χ0v) is 22.1. The van der Waals surface area contributed by atoms with Gasteiger partial charge in [0.25, 0.3) is 0 Å². The summed E-state index contributed by atoms with van der Waals surface area (Å²) >= 11 is 0. The van der Waals surface area contributed by atoms with Crippen molar-refractivity contribution >= 4 is 11.8 Å². The Kier molecular flexibility index (Phi) is 15.8. The van der Waals surface area contributed by atoms with Crippen molar-refractivity contribution in [3.63, 3.8) is 0 Å². The summed E-state index contributed by atoms with van der Waals surface area (Å²) in [7, 11) is 0. The maximum Gasteiger partial charge on any atom is 0.247 e. The van der Waals surface area contributed by atoms with Gasteiger partial charge in [-0.15, -0.1) is 0 Å². The van der Waals surface area contributed by atoms with E-state index in [1.807, 2.05) is 27.7 Å². The lowest BCUT2D eigenvalue weighted by Crippen LogP contribution is -2.30. The summed E-state index contributed by atoms with van der Waals surface area (Å²) in [6, 6.07) is 0. The first-order valence-electron chi connectivity index (χ1n) is 13.5. The first-order valence-corrected chi connectivity index (χ1v) is 13.5. The third-order valence-electron chi connectivity index (χ3n) is 6.69. The molecule has 2 aliphatic carbocycles. The van der Waals surface area contributed by atoms with Crippen molar-refractivity contribution in [1.29, 1.82) is 0 Å². The minimum absolute atomic E-state index is 0.000539. The molecule has 34 heavy (non-hydrogen) atoms. The summed E-state index contributed by atoms with van der Waals surface area (Å²) in [6.07, 6.45) is 17.0. The van der Waals surface area contributed by atoms with Crippen LogP contribution in [0.4, 0.5) is 0 Å². The number of carbonyl (C=O) groups is 2. The SMILES string of the molecule is CC(C)/C(=C\C1CCCCC1)C(=O)NCCO.CC(C)/C(=C\C1CCCCC1)C(=O)NCCO. The number of aliphatic hydroxyl groups is 2. The Morgan fingerprint density at radius 2 is 1.00 bits per heavy atom. The molecule has 0 bridgehead atoms. The summed E-state index contributed by atoms with van der Waals surface area (Å²) < 4.78 is 0. The van der Waals surface area contributed by atoms with E-state index >= 15 is 0 Å². The van der Waals surface area contributed by atoms with E-state index < -0.39 is 0 Å². The van der Waals surface area contributed by atoms with Gasteiger partial charge in [-0.1, -0.05) is 78.4 Å². The van der Waals surface area contributed by atoms with Gasteiger partial charge in [-0.25, -0.2) is 0 Å². The quantitative estimate of drug-likeness (QED) is 0.347. The molecule has 0 aliphatic heterocycles. The lowest BCUT2D eigenvalue weighted by atomic mass is 9.86. The number of amides is 2. The molecule has 196 valence electrons. The Bertz CT molecular complexity index is 587. The van der Waals surface area contributed by atoms with E-state index in [-0.39, 0.29) is 36.9 Å². The number of allylic oxidation sites excluding steroid dienone is 2. The second-order valence-electron chi connectivity index (χ2n) is 10.3. The van der Waals surface area contributed by atoms with Crippen LogP contribution in [0.15, 0.2) is 23.3 Å². The average Bonchev–Trinajstić information content (AvgIpc) is 2.84. The van der Waals surface area contributed by atoms with E-state index in [4.69, 9.17) is 10.2 Å². The van der Waals surface area contributed by atoms with Crippen LogP contribution in [0.5, 0.6) is 0 Å². The van der Waals surface area contributed by atoms with Crippen LogP contribution in [0.3, 0.4) is 0 Å². The highest BCUT2D eigenvalue weighted by atomic mass is 16.3. The molecule has 6 nitrogen and oxygen atoms in total. The van der Waals surface area contributed by atoms with E-state index in [2.05, 4.69) is 22.8 Å². The Morgan fingerprint density at radius 3 is 1.26 bits per heavy atom. The van der Waals surface area contributed by atoms with Gasteiger partial charge in [0.1, 0.15) is 0 Å². The first-order chi connectivity index (χ1) is 16.3. The molecule has 0 spiro atoms. The van der Waals surface area contributed by atoms with Gasteiger partial charge in [0.2, 0.25) is 11.8 Å². The highest BCUT2D eigenvalue weighted by Gasteiger charge is 2.19. The molecule has 0 radical (unpaired) electrons. The highest BCUT2D eigenvalue weighted by molar-refractivity contribution is 5.94. The van der Waals surface area contributed by atoms with Crippen LogP contribution < -0.4 is 10.6 Å². The molecule has 0 aromatic rings. The van der Waals surface area contributed by atoms with E-state index in [0.717, 1.165) is 11.1 Å². The lowest BCUT2D eigenvalue weighted by molar-refractivity contribution is -0.118. The number of hydrogen-bond donors (Lipinski definition) is 4. The normalized spacial score (nSPS) is 18.5. The molecule has 0 aromatic heterocycles. The van der Waals surface area contributed by atoms with Crippen molar-refractivity contribution in [3.8, 4) is 0 Å². The van der Waals surface area contributed by atoms with Gasteiger partial charge in [0.15, 0.2) is 0 Å². The van der Waals surface area contributed by atoms with Gasteiger partial charge in [0.05, 0.1) is 13.2 Å². The highest BCUT2D eigenvalue weighted by Crippen LogP contribution is 2.28. The summed E-state index contributed by atoms with van der Waals surface area (Å²) in [5.74, 6) is 1.60. The fourth-order valence-corrected chi connectivity index (χ4v) is 4.71. The molecule has 2 aliphatic rings. The zero-order chi connectivity index (χ0) is 25.3. The standard InChI is InChI=1S/2C14H25NO2/c2*1-11(2)13(14(17)15-8-9-16)10-12-6-4-3-5-7-12/h2*10-12,16H,3-9H2,1-2H3,(H,15,17)/b2*13-10+. The van der Waals surface area contributed by atoms with Crippen molar-refractivity contribution in [2.75, 3.05) is 26.3 Å². The molecule has 2 amide bonds. The molecule has 2 rings (SSSR count). The van der Waals surface area contributed by atoms with E-state index in [9.17, 15) is 9.59 Å². The number of nitrogens with one attached hydrogen (secondary N) is 2. The molecule has 0 aromatic carbocycles. The van der Waals surface area contributed by atoms with Crippen LogP contribution in [-0.2, 0) is 9.59 Å². The van der Waals surface area contributed by atoms with Crippen LogP contribution in [-0.4, -0.2) is 48.3 Å². The minimum Gasteiger partial charge on any atom is -0.395 e. The fourth-order valence-electron chi connectivity index (χ4n) is 4.71. The Balaban J connectivity index is 0.000000340. The molecular formula is C28H50N2O4. The molecule has 0 unspecified atom stereocenters. The molecular weight excluding hydrogens is 428 g/mol. The second-order valence-corrected chi connectivity index (χ2v) is 10.3. The van der Waals surface area contributed by atoms with Gasteiger partial charge in [-0.05, 0) is 49.4 Å². The van der Waals surface area contributed by atoms with E-state index in [1.54, 1.807) is 0 Å². The first kappa shape index (κ1) is 30.4. The van der Waals surface area contributed by atoms with Crippen molar-refractivity contribution < 1.29 is 19.8 Å². The monoisotopic (exact) mass is 478 g/mol. The van der Waals surface area contributed by atoms with Crippen LogP contribution in [0, 0.1) is 23.7 Å². The Hall–Kier alpha value is -1.66. The smallest absolute Gasteiger partial charge is 0.247 e. The maximum atomic E-state index is 11.9. The summed E-state index contributed by atoms with van der Waals surface area (Å²) in [5, 5.41) is 22.9. The molecule has 4 N–H and O–H groups in total. The summed E-state index contributed by atoms with van der Waals surface area (Å²) in [6.45, 7) is 8.88. The van der Waals surface area contributed by atoms with E-state index in [1.165, 1.54) is 64.2 Å². The maximum absolute atomic E-state index is 11.9. The third-order valence-corrected chi connectivity index (χ3v) is 6.69. The molecule has 0 heterocycles. The van der Waals surface area contributed by atoms with Crippen LogP contribution in [0.2, 0.25) is 0 Å². The van der Waals surface area contributed by atoms with Crippen LogP contribution in [0.1, 0.15) is 91.9 Å². The average molecular weight is 479 g/mol. The summed E-state index contributed by atoms with van der Waals surface area (Å²) in [5.41, 5.74) is 1.76. The fraction of sp³-hybridized carbons (Fsp3) is 0.786. The Labute approximate surface area is 207 Å². The minimum atomic E-state index is -0.0142. The van der Waals surface area contributed by atoms with Gasteiger partial charge in [-0.2, -0.15) is 0 Å². The molecule has 6 heteroatoms. The van der Waals surface area contributed by atoms with Crippen LogP contribution >= 0.6 is 0 Å². The topological polar surface area (TPSA) is 98.7 Å². The number of rotatable bonds is 10. The largest absolute Gasteiger partial charge is 0.395 e. The number of aliphatic hydroxyl groups excluding tert-OH is 2. The number of carbonyl (C=O) groups excluding carboxylic acids is 2. The van der Waals surface area contributed by atoms with Crippen molar-refractivity contribution in [2.45, 2.75) is 91.9 Å². The lowest BCUT2D eigenvalue weighted by Gasteiger charge is -2.21.